The van der Waals surface area contributed by atoms with E-state index in [1.54, 1.807) is 4.31 Å². The molecule has 5 heteroatoms. The first-order valence-electron chi connectivity index (χ1n) is 7.41. The number of nitrogens with zero attached hydrogens (tertiary/aromatic N) is 1. The summed E-state index contributed by atoms with van der Waals surface area (Å²) in [5.41, 5.74) is 5.83. The molecule has 0 radical (unpaired) electrons. The lowest BCUT2D eigenvalue weighted by atomic mass is 9.94. The fraction of sp³-hybridized carbons (Fsp3) is 1.00. The largest absolute Gasteiger partial charge is 0.330 e. The highest BCUT2D eigenvalue weighted by Gasteiger charge is 2.36. The minimum atomic E-state index is -3.15. The molecule has 0 aliphatic heterocycles. The zero-order chi connectivity index (χ0) is 14.7. The highest BCUT2D eigenvalue weighted by molar-refractivity contribution is 7.89. The number of nitrogens with two attached hydrogens (primary N) is 1. The molecule has 0 spiro atoms. The van der Waals surface area contributed by atoms with Crippen molar-refractivity contribution >= 4 is 10.0 Å². The Hall–Kier alpha value is -0.130. The number of hydrogen-bond donors (Lipinski definition) is 1. The Kier molecular flexibility index (Phi) is 5.83. The zero-order valence-electron chi connectivity index (χ0n) is 12.9. The second-order valence-electron chi connectivity index (χ2n) is 6.82. The summed E-state index contributed by atoms with van der Waals surface area (Å²) in [5, 5.41) is 0. The van der Waals surface area contributed by atoms with Crippen LogP contribution in [0.15, 0.2) is 0 Å². The van der Waals surface area contributed by atoms with Crippen molar-refractivity contribution in [3.8, 4) is 0 Å². The fourth-order valence-electron chi connectivity index (χ4n) is 2.86. The third-order valence-corrected chi connectivity index (χ3v) is 6.03. The maximum absolute atomic E-state index is 12.5. The van der Waals surface area contributed by atoms with E-state index in [4.69, 9.17) is 5.73 Å². The van der Waals surface area contributed by atoms with Crippen LogP contribution < -0.4 is 5.73 Å². The average molecular weight is 290 g/mol. The quantitative estimate of drug-likeness (QED) is 0.815. The minimum Gasteiger partial charge on any atom is -0.330 e. The molecule has 0 aromatic heterocycles. The van der Waals surface area contributed by atoms with Crippen LogP contribution in [-0.4, -0.2) is 37.6 Å². The van der Waals surface area contributed by atoms with Crippen molar-refractivity contribution in [2.75, 3.05) is 18.8 Å². The van der Waals surface area contributed by atoms with E-state index in [9.17, 15) is 8.42 Å². The lowest BCUT2D eigenvalue weighted by molar-refractivity contribution is 0.273. The first kappa shape index (κ1) is 16.9. The summed E-state index contributed by atoms with van der Waals surface area (Å²) < 4.78 is 26.8. The maximum Gasteiger partial charge on any atom is 0.214 e. The number of sulfonamides is 1. The summed E-state index contributed by atoms with van der Waals surface area (Å²) in [5.74, 6) is 0.586. The SMILES string of the molecule is CCN(C1CCCC1CN)S(=O)(=O)CCC(C)(C)C. The molecule has 2 unspecified atom stereocenters. The molecule has 2 N–H and O–H groups in total. The van der Waals surface area contributed by atoms with Gasteiger partial charge in [0.05, 0.1) is 5.75 Å². The Bertz CT molecular complexity index is 373. The van der Waals surface area contributed by atoms with Gasteiger partial charge in [-0.25, -0.2) is 8.42 Å². The van der Waals surface area contributed by atoms with Crippen molar-refractivity contribution in [3.63, 3.8) is 0 Å². The third-order valence-electron chi connectivity index (χ3n) is 4.07. The topological polar surface area (TPSA) is 63.4 Å². The Morgan fingerprint density at radius 1 is 1.26 bits per heavy atom. The van der Waals surface area contributed by atoms with E-state index in [0.717, 1.165) is 19.3 Å². The minimum absolute atomic E-state index is 0.0510. The van der Waals surface area contributed by atoms with Gasteiger partial charge in [0, 0.05) is 12.6 Å². The van der Waals surface area contributed by atoms with Gasteiger partial charge in [-0.2, -0.15) is 4.31 Å². The highest BCUT2D eigenvalue weighted by Crippen LogP contribution is 2.31. The molecule has 1 aliphatic carbocycles. The molecule has 2 atom stereocenters. The van der Waals surface area contributed by atoms with Gasteiger partial charge in [0.15, 0.2) is 0 Å². The van der Waals surface area contributed by atoms with Gasteiger partial charge in [-0.15, -0.1) is 0 Å². The van der Waals surface area contributed by atoms with Crippen LogP contribution in [0, 0.1) is 11.3 Å². The summed E-state index contributed by atoms with van der Waals surface area (Å²) in [6, 6.07) is 0.125. The van der Waals surface area contributed by atoms with Crippen LogP contribution in [0.2, 0.25) is 0 Å². The summed E-state index contributed by atoms with van der Waals surface area (Å²) in [7, 11) is -3.15. The Morgan fingerprint density at radius 2 is 1.89 bits per heavy atom. The lowest BCUT2D eigenvalue weighted by Crippen LogP contribution is -2.45. The van der Waals surface area contributed by atoms with E-state index in [0.29, 0.717) is 25.4 Å². The van der Waals surface area contributed by atoms with Gasteiger partial charge in [-0.1, -0.05) is 34.1 Å². The molecule has 19 heavy (non-hydrogen) atoms. The van der Waals surface area contributed by atoms with Gasteiger partial charge in [0.1, 0.15) is 0 Å². The molecule has 114 valence electrons. The summed E-state index contributed by atoms with van der Waals surface area (Å²) in [6.45, 7) is 9.33. The van der Waals surface area contributed by atoms with E-state index in [2.05, 4.69) is 20.8 Å². The molecule has 0 saturated heterocycles. The van der Waals surface area contributed by atoms with Crippen molar-refractivity contribution < 1.29 is 8.42 Å². The normalized spacial score (nSPS) is 25.2. The molecule has 0 aromatic carbocycles. The molecule has 0 bridgehead atoms. The molecule has 1 saturated carbocycles. The molecule has 0 amide bonds. The van der Waals surface area contributed by atoms with E-state index in [-0.39, 0.29) is 17.2 Å². The highest BCUT2D eigenvalue weighted by atomic mass is 32.2. The first-order valence-corrected chi connectivity index (χ1v) is 9.02. The van der Waals surface area contributed by atoms with Crippen LogP contribution in [0.5, 0.6) is 0 Å². The second kappa shape index (κ2) is 6.55. The molecule has 4 nitrogen and oxygen atoms in total. The van der Waals surface area contributed by atoms with Crippen molar-refractivity contribution in [1.29, 1.82) is 0 Å². The van der Waals surface area contributed by atoms with E-state index < -0.39 is 10.0 Å². The van der Waals surface area contributed by atoms with E-state index >= 15 is 0 Å². The van der Waals surface area contributed by atoms with Crippen LogP contribution in [0.4, 0.5) is 0 Å². The Morgan fingerprint density at radius 3 is 2.37 bits per heavy atom. The van der Waals surface area contributed by atoms with Gasteiger partial charge in [-0.05, 0) is 37.1 Å². The van der Waals surface area contributed by atoms with Crippen molar-refractivity contribution in [2.45, 2.75) is 59.4 Å². The fourth-order valence-corrected chi connectivity index (χ4v) is 5.05. The third kappa shape index (κ3) is 4.72. The van der Waals surface area contributed by atoms with Gasteiger partial charge >= 0.3 is 0 Å². The van der Waals surface area contributed by atoms with Crippen molar-refractivity contribution in [3.05, 3.63) is 0 Å². The van der Waals surface area contributed by atoms with Crippen LogP contribution in [0.25, 0.3) is 0 Å². The lowest BCUT2D eigenvalue weighted by Gasteiger charge is -2.31. The summed E-state index contributed by atoms with van der Waals surface area (Å²) >= 11 is 0. The zero-order valence-corrected chi connectivity index (χ0v) is 13.7. The number of hydrogen-bond acceptors (Lipinski definition) is 3. The first-order chi connectivity index (χ1) is 8.71. The van der Waals surface area contributed by atoms with E-state index in [1.807, 2.05) is 6.92 Å². The molecular weight excluding hydrogens is 260 g/mol. The smallest absolute Gasteiger partial charge is 0.214 e. The van der Waals surface area contributed by atoms with Gasteiger partial charge in [0.2, 0.25) is 10.0 Å². The Labute approximate surface area is 118 Å². The molecule has 0 heterocycles. The molecule has 1 rings (SSSR count). The predicted octanol–water partition coefficient (Wildman–Crippen LogP) is 2.20. The van der Waals surface area contributed by atoms with Crippen molar-refractivity contribution in [2.24, 2.45) is 17.1 Å². The van der Waals surface area contributed by atoms with Crippen LogP contribution in [0.3, 0.4) is 0 Å². The van der Waals surface area contributed by atoms with Crippen molar-refractivity contribution in [1.82, 2.24) is 4.31 Å². The summed E-state index contributed by atoms with van der Waals surface area (Å²) in [4.78, 5) is 0. The number of rotatable bonds is 6. The van der Waals surface area contributed by atoms with Crippen LogP contribution in [-0.2, 0) is 10.0 Å². The van der Waals surface area contributed by atoms with Gasteiger partial charge < -0.3 is 5.73 Å². The maximum atomic E-state index is 12.5. The molecule has 1 aliphatic rings. The second-order valence-corrected chi connectivity index (χ2v) is 8.87. The average Bonchev–Trinajstić information content (AvgIpc) is 2.74. The standard InChI is InChI=1S/C14H30N2O2S/c1-5-16(13-8-6-7-12(13)11-15)19(17,18)10-9-14(2,3)4/h12-13H,5-11,15H2,1-4H3. The summed E-state index contributed by atoms with van der Waals surface area (Å²) in [6.07, 6.45) is 3.82. The van der Waals surface area contributed by atoms with Gasteiger partial charge in [0.25, 0.3) is 0 Å². The van der Waals surface area contributed by atoms with Gasteiger partial charge in [-0.3, -0.25) is 0 Å². The van der Waals surface area contributed by atoms with Crippen LogP contribution in [0.1, 0.15) is 53.4 Å². The monoisotopic (exact) mass is 290 g/mol. The Balaban J connectivity index is 2.78. The molecule has 0 aromatic rings. The van der Waals surface area contributed by atoms with E-state index in [1.165, 1.54) is 0 Å². The predicted molar refractivity (Wildman–Crippen MR) is 80.4 cm³/mol. The van der Waals surface area contributed by atoms with Crippen LogP contribution >= 0.6 is 0 Å². The molecule has 1 fully saturated rings. The molecular formula is C14H30N2O2S.